The second kappa shape index (κ2) is 4.53. The second-order valence-corrected chi connectivity index (χ2v) is 4.56. The molecule has 0 aliphatic carbocycles. The van der Waals surface area contributed by atoms with Crippen molar-refractivity contribution in [3.63, 3.8) is 0 Å². The maximum Gasteiger partial charge on any atom is 0.506 e. The van der Waals surface area contributed by atoms with Gasteiger partial charge in [0.2, 0.25) is 0 Å². The van der Waals surface area contributed by atoms with E-state index < -0.39 is 19.6 Å². The minimum absolute atomic E-state index is 0.00295. The molecule has 0 saturated heterocycles. The van der Waals surface area contributed by atoms with Crippen molar-refractivity contribution in [1.29, 1.82) is 0 Å². The van der Waals surface area contributed by atoms with Crippen molar-refractivity contribution in [3.05, 3.63) is 0 Å². The first-order chi connectivity index (χ1) is 5.31. The van der Waals surface area contributed by atoms with Gasteiger partial charge < -0.3 is 4.74 Å². The van der Waals surface area contributed by atoms with Gasteiger partial charge >= 0.3 is 14.0 Å². The lowest BCUT2D eigenvalue weighted by atomic mass is 10.2. The lowest BCUT2D eigenvalue weighted by Crippen LogP contribution is -2.23. The van der Waals surface area contributed by atoms with Gasteiger partial charge in [0.1, 0.15) is 5.60 Å². The highest BCUT2D eigenvalue weighted by Gasteiger charge is 2.19. The van der Waals surface area contributed by atoms with Crippen molar-refractivity contribution in [2.45, 2.75) is 32.8 Å². The monoisotopic (exact) mass is 193 g/mol. The van der Waals surface area contributed by atoms with E-state index in [9.17, 15) is 9.36 Å². The molecule has 4 nitrogen and oxygen atoms in total. The quantitative estimate of drug-likeness (QED) is 0.544. The normalized spacial score (nSPS) is 12.5. The number of rotatable bonds is 3. The van der Waals surface area contributed by atoms with Crippen molar-refractivity contribution in [1.82, 2.24) is 0 Å². The topological polar surface area (TPSA) is 63.6 Å². The fourth-order valence-corrected chi connectivity index (χ4v) is 0.953. The number of esters is 1. The number of carbonyl (C=O) groups is 1. The van der Waals surface area contributed by atoms with Crippen molar-refractivity contribution in [3.8, 4) is 0 Å². The van der Waals surface area contributed by atoms with Crippen LogP contribution < -0.4 is 0 Å². The largest absolute Gasteiger partial charge is 0.506 e. The molecule has 0 saturated carbocycles. The summed E-state index contributed by atoms with van der Waals surface area (Å²) in [7, 11) is -2.23. The summed E-state index contributed by atoms with van der Waals surface area (Å²) in [6, 6.07) is 0. The third-order valence-corrected chi connectivity index (χ3v) is 1.53. The highest BCUT2D eigenvalue weighted by atomic mass is 31.1. The fraction of sp³-hybridized carbons (Fsp3) is 0.857. The maximum atomic E-state index is 10.9. The molecule has 0 amide bonds. The van der Waals surface area contributed by atoms with Gasteiger partial charge in [-0.1, -0.05) is 0 Å². The van der Waals surface area contributed by atoms with Gasteiger partial charge in [-0.3, -0.25) is 4.79 Å². The van der Waals surface area contributed by atoms with Crippen LogP contribution in [0.3, 0.4) is 0 Å². The van der Waals surface area contributed by atoms with Crippen LogP contribution in [0, 0.1) is 0 Å². The molecule has 5 heteroatoms. The Labute approximate surface area is 72.8 Å². The molecule has 0 aliphatic heterocycles. The maximum absolute atomic E-state index is 10.9. The lowest BCUT2D eigenvalue weighted by Gasteiger charge is -2.18. The molecule has 0 radical (unpaired) electrons. The van der Waals surface area contributed by atoms with Gasteiger partial charge in [-0.25, -0.2) is 0 Å². The van der Waals surface area contributed by atoms with Crippen LogP contribution in [0.4, 0.5) is 0 Å². The van der Waals surface area contributed by atoms with Gasteiger partial charge in [0.15, 0.2) is 6.16 Å². The van der Waals surface area contributed by atoms with Crippen LogP contribution in [0.15, 0.2) is 0 Å². The fourth-order valence-electron chi connectivity index (χ4n) is 0.579. The van der Waals surface area contributed by atoms with E-state index in [1.54, 1.807) is 20.8 Å². The van der Waals surface area contributed by atoms with Crippen molar-refractivity contribution < 1.29 is 19.0 Å². The first-order valence-corrected chi connectivity index (χ1v) is 5.06. The average molecular weight is 193 g/mol. The van der Waals surface area contributed by atoms with Crippen LogP contribution in [0.1, 0.15) is 27.2 Å². The summed E-state index contributed by atoms with van der Waals surface area (Å²) in [6.45, 7) is 5.26. The molecule has 0 bridgehead atoms. The molecule has 70 valence electrons. The SMILES string of the molecule is CC(C)(C)OC(=O)CC[P+](=O)O. The second-order valence-electron chi connectivity index (χ2n) is 3.41. The summed E-state index contributed by atoms with van der Waals surface area (Å²) in [5.41, 5.74) is -0.516. The van der Waals surface area contributed by atoms with Gasteiger partial charge in [-0.15, -0.1) is 0 Å². The first-order valence-electron chi connectivity index (χ1n) is 3.66. The molecule has 0 aromatic rings. The molecule has 12 heavy (non-hydrogen) atoms. The van der Waals surface area contributed by atoms with E-state index in [1.807, 2.05) is 0 Å². The van der Waals surface area contributed by atoms with Gasteiger partial charge in [0, 0.05) is 0 Å². The van der Waals surface area contributed by atoms with Crippen molar-refractivity contribution in [2.75, 3.05) is 6.16 Å². The molecule has 0 heterocycles. The van der Waals surface area contributed by atoms with E-state index >= 15 is 0 Å². The molecule has 0 rings (SSSR count). The number of hydrogen-bond acceptors (Lipinski definition) is 3. The Morgan fingerprint density at radius 2 is 2.00 bits per heavy atom. The predicted octanol–water partition coefficient (Wildman–Crippen LogP) is 1.45. The van der Waals surface area contributed by atoms with E-state index in [-0.39, 0.29) is 12.6 Å². The Morgan fingerprint density at radius 3 is 2.33 bits per heavy atom. The molecule has 0 fully saturated rings. The molecule has 1 atom stereocenters. The highest BCUT2D eigenvalue weighted by molar-refractivity contribution is 7.38. The zero-order valence-electron chi connectivity index (χ0n) is 7.53. The van der Waals surface area contributed by atoms with Crippen LogP contribution in [0.5, 0.6) is 0 Å². The molecule has 0 aromatic heterocycles. The molecular formula is C7H14O4P+. The van der Waals surface area contributed by atoms with Crippen LogP contribution in [-0.2, 0) is 14.1 Å². The smallest absolute Gasteiger partial charge is 0.460 e. The Morgan fingerprint density at radius 1 is 1.50 bits per heavy atom. The third kappa shape index (κ3) is 7.63. The molecule has 1 unspecified atom stereocenters. The molecule has 0 aromatic carbocycles. The summed E-state index contributed by atoms with van der Waals surface area (Å²) in [5, 5.41) is 0. The van der Waals surface area contributed by atoms with E-state index in [0.29, 0.717) is 0 Å². The highest BCUT2D eigenvalue weighted by Crippen LogP contribution is 2.15. The summed E-state index contributed by atoms with van der Waals surface area (Å²) < 4.78 is 15.1. The minimum atomic E-state index is -2.23. The van der Waals surface area contributed by atoms with Crippen molar-refractivity contribution >= 4 is 14.0 Å². The summed E-state index contributed by atoms with van der Waals surface area (Å²) in [4.78, 5) is 19.3. The summed E-state index contributed by atoms with van der Waals surface area (Å²) in [5.74, 6) is -0.431. The standard InChI is InChI=1S/C7H13O4P/c1-7(2,3)11-6(8)4-5-12(9)10/h4-5H2,1-3H3/p+1. The summed E-state index contributed by atoms with van der Waals surface area (Å²) >= 11 is 0. The molecule has 1 N–H and O–H groups in total. The van der Waals surface area contributed by atoms with Gasteiger partial charge in [0.05, 0.1) is 6.42 Å². The van der Waals surface area contributed by atoms with E-state index in [1.165, 1.54) is 0 Å². The Hall–Kier alpha value is -0.470. The van der Waals surface area contributed by atoms with Crippen LogP contribution in [-0.4, -0.2) is 22.6 Å². The van der Waals surface area contributed by atoms with Crippen LogP contribution >= 0.6 is 8.03 Å². The van der Waals surface area contributed by atoms with Crippen LogP contribution in [0.2, 0.25) is 0 Å². The predicted molar refractivity (Wildman–Crippen MR) is 45.2 cm³/mol. The Bertz CT molecular complexity index is 182. The van der Waals surface area contributed by atoms with Gasteiger partial charge in [-0.2, -0.15) is 4.89 Å². The first kappa shape index (κ1) is 11.5. The molecule has 0 spiro atoms. The molecule has 0 aliphatic rings. The number of carbonyl (C=O) groups excluding carboxylic acids is 1. The van der Waals surface area contributed by atoms with E-state index in [0.717, 1.165) is 0 Å². The number of hydrogen-bond donors (Lipinski definition) is 1. The zero-order valence-corrected chi connectivity index (χ0v) is 8.43. The lowest BCUT2D eigenvalue weighted by molar-refractivity contribution is -0.154. The third-order valence-electron chi connectivity index (χ3n) is 0.927. The van der Waals surface area contributed by atoms with Crippen LogP contribution in [0.25, 0.3) is 0 Å². The Balaban J connectivity index is 3.68. The van der Waals surface area contributed by atoms with E-state index in [2.05, 4.69) is 0 Å². The summed E-state index contributed by atoms with van der Waals surface area (Å²) in [6.07, 6.45) is -0.0206. The Kier molecular flexibility index (Phi) is 4.35. The zero-order chi connectivity index (χ0) is 9.78. The van der Waals surface area contributed by atoms with E-state index in [4.69, 9.17) is 9.63 Å². The number of ether oxygens (including phenoxy) is 1. The average Bonchev–Trinajstić information content (AvgIpc) is 1.79. The van der Waals surface area contributed by atoms with Gasteiger partial charge in [0.25, 0.3) is 0 Å². The van der Waals surface area contributed by atoms with Crippen molar-refractivity contribution in [2.24, 2.45) is 0 Å². The molecular weight excluding hydrogens is 179 g/mol. The van der Waals surface area contributed by atoms with Gasteiger partial charge in [-0.05, 0) is 25.3 Å². The minimum Gasteiger partial charge on any atom is -0.460 e.